The highest BCUT2D eigenvalue weighted by Gasteiger charge is 2.13. The Bertz CT molecular complexity index is 374. The van der Waals surface area contributed by atoms with E-state index >= 15 is 0 Å². The second-order valence-electron chi connectivity index (χ2n) is 4.47. The predicted molar refractivity (Wildman–Crippen MR) is 73.1 cm³/mol. The number of hydrogen-bond donors (Lipinski definition) is 1. The maximum atomic E-state index is 11.4. The van der Waals surface area contributed by atoms with Gasteiger partial charge in [0.2, 0.25) is 0 Å². The molecule has 0 bridgehead atoms. The minimum atomic E-state index is 0.0899. The molecule has 4 nitrogen and oxygen atoms in total. The fourth-order valence-corrected chi connectivity index (χ4v) is 2.53. The average Bonchev–Trinajstić information content (AvgIpc) is 2.59. The molecule has 0 spiro atoms. The fraction of sp³-hybridized carbons (Fsp3) is 0.667. The van der Waals surface area contributed by atoms with Crippen LogP contribution in [0.2, 0.25) is 0 Å². The molecule has 0 saturated carbocycles. The first kappa shape index (κ1) is 14.1. The van der Waals surface area contributed by atoms with Gasteiger partial charge in [0.25, 0.3) is 0 Å². The van der Waals surface area contributed by atoms with Crippen molar-refractivity contribution in [2.75, 3.05) is 32.5 Å². The average molecular weight is 255 g/mol. The molecule has 0 atom stereocenters. The molecular weight excluding hydrogens is 234 g/mol. The van der Waals surface area contributed by atoms with E-state index in [0.717, 1.165) is 42.2 Å². The van der Waals surface area contributed by atoms with Crippen LogP contribution < -0.4 is 5.32 Å². The largest absolute Gasteiger partial charge is 0.375 e. The number of anilines is 1. The molecule has 0 aliphatic carbocycles. The molecule has 0 aliphatic rings. The smallest absolute Gasteiger partial charge is 0.164 e. The van der Waals surface area contributed by atoms with E-state index in [1.165, 1.54) is 11.5 Å². The van der Waals surface area contributed by atoms with Crippen LogP contribution in [0.3, 0.4) is 0 Å². The Morgan fingerprint density at radius 2 is 2.12 bits per heavy atom. The van der Waals surface area contributed by atoms with Crippen LogP contribution in [0.15, 0.2) is 0 Å². The molecule has 1 rings (SSSR count). The molecule has 96 valence electrons. The molecule has 1 aromatic heterocycles. The number of ketones is 1. The van der Waals surface area contributed by atoms with Gasteiger partial charge in [-0.15, -0.1) is 0 Å². The molecule has 17 heavy (non-hydrogen) atoms. The Kier molecular flexibility index (Phi) is 5.58. The van der Waals surface area contributed by atoms with E-state index in [2.05, 4.69) is 28.7 Å². The number of carbonyl (C=O) groups is 1. The highest BCUT2D eigenvalue weighted by Crippen LogP contribution is 2.24. The number of rotatable bonds is 7. The topological polar surface area (TPSA) is 45.2 Å². The van der Waals surface area contributed by atoms with Crippen LogP contribution in [-0.4, -0.2) is 42.2 Å². The van der Waals surface area contributed by atoms with E-state index in [1.54, 1.807) is 6.92 Å². The molecule has 1 N–H and O–H groups in total. The van der Waals surface area contributed by atoms with Crippen molar-refractivity contribution in [2.45, 2.75) is 26.7 Å². The maximum Gasteiger partial charge on any atom is 0.164 e. The van der Waals surface area contributed by atoms with Gasteiger partial charge >= 0.3 is 0 Å². The molecule has 1 heterocycles. The van der Waals surface area contributed by atoms with Gasteiger partial charge in [-0.2, -0.15) is 4.37 Å². The zero-order valence-electron chi connectivity index (χ0n) is 11.0. The zero-order chi connectivity index (χ0) is 12.8. The van der Waals surface area contributed by atoms with Gasteiger partial charge in [-0.3, -0.25) is 4.79 Å². The summed E-state index contributed by atoms with van der Waals surface area (Å²) >= 11 is 1.38. The van der Waals surface area contributed by atoms with Crippen LogP contribution in [0.1, 0.15) is 35.8 Å². The Hall–Kier alpha value is -0.940. The van der Waals surface area contributed by atoms with Gasteiger partial charge in [0.05, 0.1) is 11.3 Å². The number of aryl methyl sites for hydroxylation is 1. The summed E-state index contributed by atoms with van der Waals surface area (Å²) in [5, 5.41) is 4.22. The normalized spacial score (nSPS) is 10.9. The van der Waals surface area contributed by atoms with Crippen molar-refractivity contribution < 1.29 is 4.79 Å². The number of nitrogens with one attached hydrogen (secondary N) is 1. The van der Waals surface area contributed by atoms with Crippen LogP contribution in [-0.2, 0) is 0 Å². The highest BCUT2D eigenvalue weighted by atomic mass is 32.1. The van der Waals surface area contributed by atoms with Crippen LogP contribution >= 0.6 is 11.5 Å². The van der Waals surface area contributed by atoms with Crippen molar-refractivity contribution in [3.63, 3.8) is 0 Å². The standard InChI is InChI=1S/C12H21N3OS/c1-9-11(10(2)16)12(17-14-9)13-7-5-6-8-15(3)4/h13H,5-8H2,1-4H3. The molecule has 1 aromatic rings. The van der Waals surface area contributed by atoms with Crippen LogP contribution in [0, 0.1) is 6.92 Å². The maximum absolute atomic E-state index is 11.4. The molecule has 0 amide bonds. The van der Waals surface area contributed by atoms with Gasteiger partial charge in [-0.05, 0) is 58.9 Å². The Morgan fingerprint density at radius 1 is 1.41 bits per heavy atom. The van der Waals surface area contributed by atoms with E-state index in [9.17, 15) is 4.79 Å². The summed E-state index contributed by atoms with van der Waals surface area (Å²) in [4.78, 5) is 13.6. The summed E-state index contributed by atoms with van der Waals surface area (Å²) in [5.74, 6) is 0.0899. The van der Waals surface area contributed by atoms with Crippen molar-refractivity contribution in [3.8, 4) is 0 Å². The second kappa shape index (κ2) is 6.71. The zero-order valence-corrected chi connectivity index (χ0v) is 11.9. The first-order valence-electron chi connectivity index (χ1n) is 5.88. The number of nitrogens with zero attached hydrogens (tertiary/aromatic N) is 2. The van der Waals surface area contributed by atoms with Crippen LogP contribution in [0.25, 0.3) is 0 Å². The lowest BCUT2D eigenvalue weighted by Gasteiger charge is -2.09. The van der Waals surface area contributed by atoms with E-state index < -0.39 is 0 Å². The number of aromatic nitrogens is 1. The summed E-state index contributed by atoms with van der Waals surface area (Å²) in [6.07, 6.45) is 2.26. The van der Waals surface area contributed by atoms with Gasteiger partial charge in [0.1, 0.15) is 5.00 Å². The van der Waals surface area contributed by atoms with Crippen molar-refractivity contribution in [2.24, 2.45) is 0 Å². The molecular formula is C12H21N3OS. The highest BCUT2D eigenvalue weighted by molar-refractivity contribution is 7.10. The van der Waals surface area contributed by atoms with Gasteiger partial charge in [0.15, 0.2) is 5.78 Å². The van der Waals surface area contributed by atoms with Crippen molar-refractivity contribution in [3.05, 3.63) is 11.3 Å². The number of Topliss-reactive ketones (excluding diaryl/α,β-unsaturated/α-hetero) is 1. The Labute approximate surface area is 107 Å². The van der Waals surface area contributed by atoms with Gasteiger partial charge < -0.3 is 10.2 Å². The molecule has 0 fully saturated rings. The van der Waals surface area contributed by atoms with Crippen molar-refractivity contribution in [1.29, 1.82) is 0 Å². The predicted octanol–water partition coefficient (Wildman–Crippen LogP) is 2.41. The lowest BCUT2D eigenvalue weighted by atomic mass is 10.2. The number of hydrogen-bond acceptors (Lipinski definition) is 5. The van der Waals surface area contributed by atoms with E-state index in [1.807, 2.05) is 6.92 Å². The fourth-order valence-electron chi connectivity index (χ4n) is 1.66. The summed E-state index contributed by atoms with van der Waals surface area (Å²) in [5.41, 5.74) is 1.58. The Morgan fingerprint density at radius 3 is 2.71 bits per heavy atom. The Balaban J connectivity index is 2.39. The molecule has 0 aromatic carbocycles. The SMILES string of the molecule is CC(=O)c1c(C)nsc1NCCCCN(C)C. The summed E-state index contributed by atoms with van der Waals surface area (Å²) in [7, 11) is 4.15. The summed E-state index contributed by atoms with van der Waals surface area (Å²) in [6.45, 7) is 5.47. The lowest BCUT2D eigenvalue weighted by Crippen LogP contribution is -2.14. The monoisotopic (exact) mass is 255 g/mol. The number of carbonyl (C=O) groups excluding carboxylic acids is 1. The van der Waals surface area contributed by atoms with Crippen molar-refractivity contribution in [1.82, 2.24) is 9.27 Å². The molecule has 5 heteroatoms. The number of unbranched alkanes of at least 4 members (excludes halogenated alkanes) is 1. The third-order valence-electron chi connectivity index (χ3n) is 2.53. The minimum absolute atomic E-state index is 0.0899. The molecule has 0 radical (unpaired) electrons. The van der Waals surface area contributed by atoms with E-state index in [4.69, 9.17) is 0 Å². The van der Waals surface area contributed by atoms with Gasteiger partial charge in [0, 0.05) is 6.54 Å². The summed E-state index contributed by atoms with van der Waals surface area (Å²) in [6, 6.07) is 0. The van der Waals surface area contributed by atoms with Crippen LogP contribution in [0.5, 0.6) is 0 Å². The summed E-state index contributed by atoms with van der Waals surface area (Å²) < 4.78 is 4.22. The minimum Gasteiger partial charge on any atom is -0.375 e. The quantitative estimate of drug-likeness (QED) is 0.600. The first-order valence-corrected chi connectivity index (χ1v) is 6.65. The van der Waals surface area contributed by atoms with Gasteiger partial charge in [-0.1, -0.05) is 0 Å². The third-order valence-corrected chi connectivity index (χ3v) is 3.43. The van der Waals surface area contributed by atoms with E-state index in [0.29, 0.717) is 0 Å². The van der Waals surface area contributed by atoms with Gasteiger partial charge in [-0.25, -0.2) is 0 Å². The van der Waals surface area contributed by atoms with E-state index in [-0.39, 0.29) is 5.78 Å². The lowest BCUT2D eigenvalue weighted by molar-refractivity contribution is 0.101. The second-order valence-corrected chi connectivity index (χ2v) is 5.24. The van der Waals surface area contributed by atoms with Crippen LogP contribution in [0.4, 0.5) is 5.00 Å². The third kappa shape index (κ3) is 4.44. The molecule has 0 saturated heterocycles. The van der Waals surface area contributed by atoms with Crippen molar-refractivity contribution >= 4 is 22.3 Å². The molecule has 0 unspecified atom stereocenters. The first-order chi connectivity index (χ1) is 8.02. The molecule has 0 aliphatic heterocycles.